The minimum absolute atomic E-state index is 0.0676. The van der Waals surface area contributed by atoms with Crippen LogP contribution in [0.5, 0.6) is 11.6 Å². The van der Waals surface area contributed by atoms with Gasteiger partial charge in [0.05, 0.1) is 11.8 Å². The van der Waals surface area contributed by atoms with Crippen LogP contribution in [0.15, 0.2) is 119 Å². The van der Waals surface area contributed by atoms with Gasteiger partial charge in [-0.2, -0.15) is 5.10 Å². The molecule has 4 heterocycles. The van der Waals surface area contributed by atoms with Gasteiger partial charge in [0.1, 0.15) is 34.6 Å². The molecule has 11 nitrogen and oxygen atoms in total. The van der Waals surface area contributed by atoms with Crippen LogP contribution in [0.3, 0.4) is 0 Å². The highest BCUT2D eigenvalue weighted by atomic mass is 19.1. The van der Waals surface area contributed by atoms with Crippen molar-refractivity contribution in [2.75, 3.05) is 19.4 Å². The van der Waals surface area contributed by atoms with E-state index in [1.807, 2.05) is 45.5 Å². The lowest BCUT2D eigenvalue weighted by Crippen LogP contribution is -2.27. The average molecular weight is 656 g/mol. The predicted octanol–water partition coefficient (Wildman–Crippen LogP) is 6.69. The van der Waals surface area contributed by atoms with Crippen LogP contribution in [0.2, 0.25) is 0 Å². The summed E-state index contributed by atoms with van der Waals surface area (Å²) in [5.41, 5.74) is 4.24. The number of nitrogens with one attached hydrogen (secondary N) is 1. The molecule has 12 heteroatoms. The summed E-state index contributed by atoms with van der Waals surface area (Å²) in [6, 6.07) is 23.3. The average Bonchev–Trinajstić information content (AvgIpc) is 3.70. The molecule has 0 saturated carbocycles. The largest absolute Gasteiger partial charge is 0.438 e. The first-order valence-corrected chi connectivity index (χ1v) is 15.3. The second-order valence-corrected chi connectivity index (χ2v) is 11.6. The maximum Gasteiger partial charge on any atom is 0.267 e. The minimum Gasteiger partial charge on any atom is -0.438 e. The smallest absolute Gasteiger partial charge is 0.267 e. The molecule has 0 aliphatic rings. The van der Waals surface area contributed by atoms with Gasteiger partial charge in [-0.15, -0.1) is 0 Å². The Bertz CT molecular complexity index is 2360. The third-order valence-electron chi connectivity index (χ3n) is 7.82. The fourth-order valence-electron chi connectivity index (χ4n) is 5.61. The molecule has 0 fully saturated rings. The second kappa shape index (κ2) is 13.0. The number of benzene rings is 3. The highest BCUT2D eigenvalue weighted by Gasteiger charge is 2.26. The Hall–Kier alpha value is -6.40. The molecule has 0 spiro atoms. The molecule has 4 aromatic heterocycles. The minimum atomic E-state index is -0.588. The van der Waals surface area contributed by atoms with E-state index in [0.29, 0.717) is 46.4 Å². The molecule has 244 valence electrons. The predicted molar refractivity (Wildman–Crippen MR) is 183 cm³/mol. The summed E-state index contributed by atoms with van der Waals surface area (Å²) >= 11 is 0. The Balaban J connectivity index is 1.20. The van der Waals surface area contributed by atoms with Crippen molar-refractivity contribution in [1.82, 2.24) is 29.2 Å². The number of aromatic nitrogens is 5. The monoisotopic (exact) mass is 655 g/mol. The lowest BCUT2D eigenvalue weighted by Gasteiger charge is -2.15. The van der Waals surface area contributed by atoms with Gasteiger partial charge < -0.3 is 19.4 Å². The van der Waals surface area contributed by atoms with Crippen LogP contribution in [-0.2, 0) is 13.6 Å². The number of rotatable bonds is 9. The van der Waals surface area contributed by atoms with Crippen LogP contribution in [0.25, 0.3) is 39.2 Å². The molecule has 7 rings (SSSR count). The Morgan fingerprint density at radius 2 is 1.76 bits per heavy atom. The lowest BCUT2D eigenvalue weighted by atomic mass is 9.96. The van der Waals surface area contributed by atoms with Crippen molar-refractivity contribution in [3.05, 3.63) is 137 Å². The number of amides is 1. The van der Waals surface area contributed by atoms with E-state index >= 15 is 0 Å². The van der Waals surface area contributed by atoms with Crippen LogP contribution in [-0.4, -0.2) is 49.2 Å². The van der Waals surface area contributed by atoms with Gasteiger partial charge in [-0.05, 0) is 85.9 Å². The highest BCUT2D eigenvalue weighted by Crippen LogP contribution is 2.45. The summed E-state index contributed by atoms with van der Waals surface area (Å²) in [6.45, 7) is 0.690. The number of carbonyl (C=O) groups excluding carboxylic acids is 1. The van der Waals surface area contributed by atoms with Gasteiger partial charge in [0, 0.05) is 42.9 Å². The summed E-state index contributed by atoms with van der Waals surface area (Å²) in [4.78, 5) is 37.3. The molecular formula is C37H30FN7O4. The maximum atomic E-state index is 13.4. The molecule has 0 radical (unpaired) electrons. The number of furan rings is 1. The molecule has 0 unspecified atom stereocenters. The number of anilines is 1. The molecule has 0 bridgehead atoms. The van der Waals surface area contributed by atoms with Gasteiger partial charge in [-0.25, -0.2) is 14.4 Å². The maximum absolute atomic E-state index is 13.4. The van der Waals surface area contributed by atoms with Crippen LogP contribution >= 0.6 is 0 Å². The van der Waals surface area contributed by atoms with Crippen LogP contribution in [0, 0.1) is 5.82 Å². The van der Waals surface area contributed by atoms with E-state index in [4.69, 9.17) is 9.15 Å². The Morgan fingerprint density at radius 1 is 0.980 bits per heavy atom. The van der Waals surface area contributed by atoms with Crippen molar-refractivity contribution in [1.29, 1.82) is 0 Å². The number of hydrogen-bond donors (Lipinski definition) is 1. The number of pyridine rings is 1. The molecule has 3 aromatic carbocycles. The van der Waals surface area contributed by atoms with Crippen LogP contribution in [0.4, 0.5) is 10.1 Å². The van der Waals surface area contributed by atoms with Crippen LogP contribution in [0.1, 0.15) is 15.9 Å². The first kappa shape index (κ1) is 31.2. The van der Waals surface area contributed by atoms with Crippen LogP contribution < -0.4 is 15.6 Å². The molecule has 7 aromatic rings. The quantitative estimate of drug-likeness (QED) is 0.183. The van der Waals surface area contributed by atoms with E-state index in [0.717, 1.165) is 22.3 Å². The fourth-order valence-corrected chi connectivity index (χ4v) is 5.61. The Morgan fingerprint density at radius 3 is 2.49 bits per heavy atom. The van der Waals surface area contributed by atoms with Gasteiger partial charge in [0.15, 0.2) is 0 Å². The normalized spacial score (nSPS) is 11.3. The number of nitrogens with zero attached hydrogens (tertiary/aromatic N) is 6. The second-order valence-electron chi connectivity index (χ2n) is 11.6. The SMILES string of the molecule is CN(C)Cc1ccccc1-c1c(-c2cnn(C)c2)oc2ncnc(Oc3ccc(NC(=O)c4cccn(-c5ccc(F)cc5)c4=O)cc3)c12. The molecule has 0 aliphatic heterocycles. The lowest BCUT2D eigenvalue weighted by molar-refractivity contribution is 0.102. The Kier molecular flexibility index (Phi) is 8.29. The van der Waals surface area contributed by atoms with Gasteiger partial charge in [-0.1, -0.05) is 24.3 Å². The van der Waals surface area contributed by atoms with Crippen molar-refractivity contribution in [2.24, 2.45) is 7.05 Å². The number of carbonyl (C=O) groups is 1. The fraction of sp³-hybridized carbons (Fsp3) is 0.108. The summed E-state index contributed by atoms with van der Waals surface area (Å²) in [6.07, 6.45) is 6.53. The molecule has 0 saturated heterocycles. The van der Waals surface area contributed by atoms with Crippen molar-refractivity contribution in [2.45, 2.75) is 6.54 Å². The molecule has 0 atom stereocenters. The topological polar surface area (TPSA) is 120 Å². The van der Waals surface area contributed by atoms with Crippen molar-refractivity contribution >= 4 is 22.7 Å². The summed E-state index contributed by atoms with van der Waals surface area (Å²) in [5, 5.41) is 7.72. The zero-order valence-electron chi connectivity index (χ0n) is 26.8. The summed E-state index contributed by atoms with van der Waals surface area (Å²) < 4.78 is 29.1. The molecule has 0 aliphatic carbocycles. The van der Waals surface area contributed by atoms with E-state index in [9.17, 15) is 14.0 Å². The number of fused-ring (bicyclic) bond motifs is 1. The van der Waals surface area contributed by atoms with Crippen molar-refractivity contribution in [3.8, 4) is 39.8 Å². The molecule has 1 amide bonds. The van der Waals surface area contributed by atoms with E-state index in [-0.39, 0.29) is 5.56 Å². The highest BCUT2D eigenvalue weighted by molar-refractivity contribution is 6.04. The number of ether oxygens (including phenoxy) is 1. The summed E-state index contributed by atoms with van der Waals surface area (Å²) in [7, 11) is 5.87. The van der Waals surface area contributed by atoms with Gasteiger partial charge in [-0.3, -0.25) is 18.8 Å². The first-order chi connectivity index (χ1) is 23.7. The standard InChI is InChI=1S/C37H30FN7O4/c1-43(2)20-23-7-4-5-8-29(23)31-32-35(39-22-40-36(32)49-33(31)24-19-41-44(3)21-24)48-28-16-12-26(13-17-28)42-34(46)30-9-6-18-45(37(30)47)27-14-10-25(38)11-15-27/h4-19,21-22H,20H2,1-3H3,(H,42,46). The Labute approximate surface area is 279 Å². The number of halogens is 1. The number of aryl methyl sites for hydroxylation is 1. The number of hydrogen-bond acceptors (Lipinski definition) is 8. The van der Waals surface area contributed by atoms with Crippen molar-refractivity contribution in [3.63, 3.8) is 0 Å². The zero-order chi connectivity index (χ0) is 34.1. The summed E-state index contributed by atoms with van der Waals surface area (Å²) in [5.74, 6) is 0.327. The zero-order valence-corrected chi connectivity index (χ0v) is 26.8. The van der Waals surface area contributed by atoms with E-state index in [1.165, 1.54) is 47.4 Å². The molecular weight excluding hydrogens is 625 g/mol. The third kappa shape index (κ3) is 6.32. The van der Waals surface area contributed by atoms with E-state index in [1.54, 1.807) is 41.2 Å². The van der Waals surface area contributed by atoms with Gasteiger partial charge in [0.2, 0.25) is 11.6 Å². The molecule has 1 N–H and O–H groups in total. The van der Waals surface area contributed by atoms with Gasteiger partial charge in [0.25, 0.3) is 11.5 Å². The van der Waals surface area contributed by atoms with Crippen molar-refractivity contribution < 1.29 is 18.3 Å². The molecule has 49 heavy (non-hydrogen) atoms. The third-order valence-corrected chi connectivity index (χ3v) is 7.82. The van der Waals surface area contributed by atoms with Gasteiger partial charge >= 0.3 is 0 Å². The first-order valence-electron chi connectivity index (χ1n) is 15.3. The van der Waals surface area contributed by atoms with E-state index in [2.05, 4.69) is 31.3 Å². The van der Waals surface area contributed by atoms with E-state index < -0.39 is 17.3 Å².